The van der Waals surface area contributed by atoms with Crippen LogP contribution in [-0.2, 0) is 11.3 Å². The van der Waals surface area contributed by atoms with Crippen LogP contribution in [0.1, 0.15) is 16.7 Å². The second-order valence-electron chi connectivity index (χ2n) is 9.11. The van der Waals surface area contributed by atoms with Gasteiger partial charge in [-0.25, -0.2) is 4.39 Å². The molecule has 1 aliphatic heterocycles. The summed E-state index contributed by atoms with van der Waals surface area (Å²) in [6.45, 7) is 3.90. The zero-order valence-corrected chi connectivity index (χ0v) is 20.2. The van der Waals surface area contributed by atoms with E-state index in [0.29, 0.717) is 18.7 Å². The van der Waals surface area contributed by atoms with Gasteiger partial charge in [-0.2, -0.15) is 0 Å². The van der Waals surface area contributed by atoms with Gasteiger partial charge in [0.1, 0.15) is 5.82 Å². The maximum atomic E-state index is 13.8. The average Bonchev–Trinajstić information content (AvgIpc) is 2.94. The highest BCUT2D eigenvalue weighted by molar-refractivity contribution is 6.24. The summed E-state index contributed by atoms with van der Waals surface area (Å²) in [4.78, 5) is 18.1. The highest BCUT2D eigenvalue weighted by Gasteiger charge is 2.24. The monoisotopic (exact) mass is 476 g/mol. The van der Waals surface area contributed by atoms with Gasteiger partial charge < -0.3 is 4.90 Å². The molecule has 0 atom stereocenters. The molecule has 1 amide bonds. The SMILES string of the molecule is O=C(/C(=C/c1ccc(F)cc1)c1ccc(-c2ccccc2)cc1)N1CCN(Cc2ccccc2)CC1. The van der Waals surface area contributed by atoms with Gasteiger partial charge in [0.15, 0.2) is 0 Å². The van der Waals surface area contributed by atoms with Crippen molar-refractivity contribution in [1.29, 1.82) is 0 Å². The van der Waals surface area contributed by atoms with E-state index in [9.17, 15) is 9.18 Å². The molecule has 0 unspecified atom stereocenters. The predicted molar refractivity (Wildman–Crippen MR) is 144 cm³/mol. The molecule has 180 valence electrons. The fraction of sp³-hybridized carbons (Fsp3) is 0.156. The van der Waals surface area contributed by atoms with E-state index >= 15 is 0 Å². The first-order valence-corrected chi connectivity index (χ1v) is 12.3. The average molecular weight is 477 g/mol. The van der Waals surface area contributed by atoms with Crippen LogP contribution < -0.4 is 0 Å². The molecule has 5 rings (SSSR count). The molecule has 1 heterocycles. The Morgan fingerprint density at radius 1 is 0.694 bits per heavy atom. The van der Waals surface area contributed by atoms with Crippen LogP contribution in [0.2, 0.25) is 0 Å². The number of hydrogen-bond donors (Lipinski definition) is 0. The topological polar surface area (TPSA) is 23.6 Å². The van der Waals surface area contributed by atoms with Crippen LogP contribution >= 0.6 is 0 Å². The van der Waals surface area contributed by atoms with Gasteiger partial charge in [0.25, 0.3) is 5.91 Å². The maximum absolute atomic E-state index is 13.8. The minimum atomic E-state index is -0.290. The summed E-state index contributed by atoms with van der Waals surface area (Å²) in [6, 6.07) is 35.0. The predicted octanol–water partition coefficient (Wildman–Crippen LogP) is 6.38. The van der Waals surface area contributed by atoms with Gasteiger partial charge in [-0.1, -0.05) is 97.1 Å². The van der Waals surface area contributed by atoms with Crippen LogP contribution in [0.3, 0.4) is 0 Å². The van der Waals surface area contributed by atoms with Gasteiger partial charge in [0.2, 0.25) is 0 Å². The van der Waals surface area contributed by atoms with E-state index in [0.717, 1.165) is 41.9 Å². The number of hydrogen-bond acceptors (Lipinski definition) is 2. The van der Waals surface area contributed by atoms with Crippen LogP contribution in [0.25, 0.3) is 22.8 Å². The largest absolute Gasteiger partial charge is 0.336 e. The Bertz CT molecular complexity index is 1310. The molecule has 3 nitrogen and oxygen atoms in total. The van der Waals surface area contributed by atoms with Gasteiger partial charge in [0, 0.05) is 38.3 Å². The lowest BCUT2D eigenvalue weighted by Gasteiger charge is -2.35. The quantitative estimate of drug-likeness (QED) is 0.238. The first-order valence-electron chi connectivity index (χ1n) is 12.3. The second kappa shape index (κ2) is 11.1. The van der Waals surface area contributed by atoms with Crippen molar-refractivity contribution >= 4 is 17.6 Å². The van der Waals surface area contributed by atoms with Crippen LogP contribution in [-0.4, -0.2) is 41.9 Å². The summed E-state index contributed by atoms with van der Waals surface area (Å²) in [5.41, 5.74) is 5.80. The third-order valence-corrected chi connectivity index (χ3v) is 6.62. The molecule has 1 saturated heterocycles. The van der Waals surface area contributed by atoms with Crippen LogP contribution in [0.4, 0.5) is 4.39 Å². The molecular weight excluding hydrogens is 447 g/mol. The van der Waals surface area contributed by atoms with Crippen molar-refractivity contribution in [2.45, 2.75) is 6.54 Å². The summed E-state index contributed by atoms with van der Waals surface area (Å²) in [7, 11) is 0. The summed E-state index contributed by atoms with van der Waals surface area (Å²) in [6.07, 6.45) is 1.87. The molecular formula is C32H29FN2O. The van der Waals surface area contributed by atoms with E-state index in [2.05, 4.69) is 41.3 Å². The van der Waals surface area contributed by atoms with E-state index < -0.39 is 0 Å². The third kappa shape index (κ3) is 5.78. The van der Waals surface area contributed by atoms with Crippen molar-refractivity contribution in [3.05, 3.63) is 132 Å². The van der Waals surface area contributed by atoms with Crippen molar-refractivity contribution in [1.82, 2.24) is 9.80 Å². The van der Waals surface area contributed by atoms with Gasteiger partial charge in [-0.3, -0.25) is 9.69 Å². The molecule has 0 aliphatic carbocycles. The van der Waals surface area contributed by atoms with E-state index in [-0.39, 0.29) is 11.7 Å². The summed E-state index contributed by atoms with van der Waals surface area (Å²) in [5.74, 6) is -0.284. The van der Waals surface area contributed by atoms with Crippen LogP contribution in [0, 0.1) is 5.82 Å². The van der Waals surface area contributed by atoms with Crippen molar-refractivity contribution < 1.29 is 9.18 Å². The number of carbonyl (C=O) groups is 1. The summed E-state index contributed by atoms with van der Waals surface area (Å²) in [5, 5.41) is 0. The minimum Gasteiger partial charge on any atom is -0.336 e. The van der Waals surface area contributed by atoms with Crippen molar-refractivity contribution in [2.24, 2.45) is 0 Å². The molecule has 4 aromatic rings. The number of rotatable bonds is 6. The van der Waals surface area contributed by atoms with Crippen molar-refractivity contribution in [3.63, 3.8) is 0 Å². The standard InChI is InChI=1S/C32H29FN2O/c33-30-17-11-25(12-18-30)23-31(29-15-13-28(14-16-29)27-9-5-2-6-10-27)32(36)35-21-19-34(20-22-35)24-26-7-3-1-4-8-26/h1-18,23H,19-22,24H2/b31-23+. The van der Waals surface area contributed by atoms with Gasteiger partial charge >= 0.3 is 0 Å². The minimum absolute atomic E-state index is 0.00569. The molecule has 36 heavy (non-hydrogen) atoms. The number of nitrogens with zero attached hydrogens (tertiary/aromatic N) is 2. The second-order valence-corrected chi connectivity index (χ2v) is 9.11. The Balaban J connectivity index is 1.36. The zero-order chi connectivity index (χ0) is 24.7. The molecule has 0 bridgehead atoms. The normalized spacial score (nSPS) is 14.6. The summed E-state index contributed by atoms with van der Waals surface area (Å²) < 4.78 is 13.5. The Labute approximate surface area is 212 Å². The maximum Gasteiger partial charge on any atom is 0.254 e. The van der Waals surface area contributed by atoms with E-state index in [1.54, 1.807) is 12.1 Å². The molecule has 1 aliphatic rings. The lowest BCUT2D eigenvalue weighted by atomic mass is 9.97. The first-order chi connectivity index (χ1) is 17.7. The number of amides is 1. The zero-order valence-electron chi connectivity index (χ0n) is 20.2. The van der Waals surface area contributed by atoms with Crippen LogP contribution in [0.15, 0.2) is 109 Å². The third-order valence-electron chi connectivity index (χ3n) is 6.62. The molecule has 1 fully saturated rings. The van der Waals surface area contributed by atoms with Crippen molar-refractivity contribution in [2.75, 3.05) is 26.2 Å². The smallest absolute Gasteiger partial charge is 0.254 e. The first kappa shape index (κ1) is 23.7. The number of halogens is 1. The molecule has 0 saturated carbocycles. The number of piperazine rings is 1. The Kier molecular flexibility index (Phi) is 7.34. The lowest BCUT2D eigenvalue weighted by molar-refractivity contribution is -0.126. The van der Waals surface area contributed by atoms with Gasteiger partial charge in [-0.15, -0.1) is 0 Å². The van der Waals surface area contributed by atoms with Crippen molar-refractivity contribution in [3.8, 4) is 11.1 Å². The fourth-order valence-electron chi connectivity index (χ4n) is 4.59. The molecule has 4 aromatic carbocycles. The van der Waals surface area contributed by atoms with E-state index in [1.807, 2.05) is 59.5 Å². The molecule has 0 N–H and O–H groups in total. The molecule has 4 heteroatoms. The molecule has 0 spiro atoms. The Morgan fingerprint density at radius 2 is 1.28 bits per heavy atom. The van der Waals surface area contributed by atoms with Crippen LogP contribution in [0.5, 0.6) is 0 Å². The van der Waals surface area contributed by atoms with E-state index in [4.69, 9.17) is 0 Å². The number of carbonyl (C=O) groups excluding carboxylic acids is 1. The Morgan fingerprint density at radius 3 is 1.92 bits per heavy atom. The van der Waals surface area contributed by atoms with Gasteiger partial charge in [0.05, 0.1) is 0 Å². The highest BCUT2D eigenvalue weighted by Crippen LogP contribution is 2.26. The fourth-order valence-corrected chi connectivity index (χ4v) is 4.59. The lowest BCUT2D eigenvalue weighted by Crippen LogP contribution is -2.48. The highest BCUT2D eigenvalue weighted by atomic mass is 19.1. The van der Waals surface area contributed by atoms with Gasteiger partial charge in [-0.05, 0) is 46.0 Å². The Hall–Kier alpha value is -4.02. The molecule has 0 radical (unpaired) electrons. The molecule has 0 aromatic heterocycles. The van der Waals surface area contributed by atoms with E-state index in [1.165, 1.54) is 17.7 Å². The summed E-state index contributed by atoms with van der Waals surface area (Å²) >= 11 is 0. The number of benzene rings is 4.